The van der Waals surface area contributed by atoms with Gasteiger partial charge in [-0.05, 0) is 36.6 Å². The van der Waals surface area contributed by atoms with Gasteiger partial charge in [0.15, 0.2) is 6.61 Å². The average molecular weight is 431 g/mol. The molecular formula is C22H20ClFN2O4. The first-order valence-electron chi connectivity index (χ1n) is 9.26. The number of rotatable bonds is 6. The molecule has 6 nitrogen and oxygen atoms in total. The normalized spacial score (nSPS) is 10.9. The number of aryl methyl sites for hydroxylation is 1. The highest BCUT2D eigenvalue weighted by Gasteiger charge is 2.27. The number of benzene rings is 2. The molecule has 1 aromatic heterocycles. The van der Waals surface area contributed by atoms with Crippen LogP contribution in [0.15, 0.2) is 47.0 Å². The molecule has 0 aliphatic heterocycles. The van der Waals surface area contributed by atoms with Crippen LogP contribution in [-0.4, -0.2) is 23.6 Å². The van der Waals surface area contributed by atoms with Gasteiger partial charge in [-0.15, -0.1) is 0 Å². The first-order chi connectivity index (χ1) is 14.3. The number of carbonyl (C=O) groups excluding carboxylic acids is 2. The molecule has 3 rings (SSSR count). The highest BCUT2D eigenvalue weighted by atomic mass is 35.5. The number of hydrogen-bond donors (Lipinski definition) is 1. The van der Waals surface area contributed by atoms with E-state index in [2.05, 4.69) is 10.5 Å². The van der Waals surface area contributed by atoms with Gasteiger partial charge in [0.05, 0.1) is 10.6 Å². The fourth-order valence-electron chi connectivity index (χ4n) is 3.01. The molecule has 0 aliphatic rings. The van der Waals surface area contributed by atoms with Crippen LogP contribution in [0.1, 0.15) is 41.4 Å². The van der Waals surface area contributed by atoms with Crippen LogP contribution in [0.3, 0.4) is 0 Å². The summed E-state index contributed by atoms with van der Waals surface area (Å²) in [5.74, 6) is -1.70. The Morgan fingerprint density at radius 1 is 1.20 bits per heavy atom. The quantitative estimate of drug-likeness (QED) is 0.532. The lowest BCUT2D eigenvalue weighted by Crippen LogP contribution is -2.22. The molecule has 0 fully saturated rings. The molecule has 8 heteroatoms. The first-order valence-corrected chi connectivity index (χ1v) is 9.64. The Balaban J connectivity index is 1.75. The number of anilines is 1. The fourth-order valence-corrected chi connectivity index (χ4v) is 3.26. The summed E-state index contributed by atoms with van der Waals surface area (Å²) < 4.78 is 24.4. The second kappa shape index (κ2) is 9.09. The number of amides is 1. The Bertz CT molecular complexity index is 1070. The maximum atomic E-state index is 14.3. The van der Waals surface area contributed by atoms with Crippen molar-refractivity contribution in [2.45, 2.75) is 26.7 Å². The minimum atomic E-state index is -0.865. The van der Waals surface area contributed by atoms with Crippen LogP contribution >= 0.6 is 11.6 Å². The lowest BCUT2D eigenvalue weighted by molar-refractivity contribution is -0.119. The van der Waals surface area contributed by atoms with Crippen molar-refractivity contribution in [1.29, 1.82) is 0 Å². The maximum Gasteiger partial charge on any atom is 0.344 e. The van der Waals surface area contributed by atoms with E-state index < -0.39 is 24.3 Å². The second-order valence-electron chi connectivity index (χ2n) is 6.93. The zero-order valence-corrected chi connectivity index (χ0v) is 17.4. The molecule has 0 bridgehead atoms. The topological polar surface area (TPSA) is 81.4 Å². The molecule has 0 aliphatic carbocycles. The molecule has 0 atom stereocenters. The zero-order valence-electron chi connectivity index (χ0n) is 16.7. The van der Waals surface area contributed by atoms with Crippen LogP contribution in [0.2, 0.25) is 5.02 Å². The summed E-state index contributed by atoms with van der Waals surface area (Å²) in [6.07, 6.45) is 0. The molecule has 2 aromatic carbocycles. The monoisotopic (exact) mass is 430 g/mol. The summed E-state index contributed by atoms with van der Waals surface area (Å²) in [7, 11) is 0. The minimum absolute atomic E-state index is 0.0698. The lowest BCUT2D eigenvalue weighted by Gasteiger charge is -2.13. The summed E-state index contributed by atoms with van der Waals surface area (Å²) in [6, 6.07) is 11.5. The molecule has 1 heterocycles. The highest BCUT2D eigenvalue weighted by molar-refractivity contribution is 6.33. The summed E-state index contributed by atoms with van der Waals surface area (Å²) in [6.45, 7) is 4.98. The third-order valence-electron chi connectivity index (χ3n) is 4.46. The van der Waals surface area contributed by atoms with E-state index in [0.29, 0.717) is 5.69 Å². The number of carbonyl (C=O) groups is 2. The van der Waals surface area contributed by atoms with E-state index in [0.717, 1.165) is 5.56 Å². The first kappa shape index (κ1) is 21.5. The third kappa shape index (κ3) is 4.52. The van der Waals surface area contributed by atoms with Crippen LogP contribution in [0.5, 0.6) is 0 Å². The van der Waals surface area contributed by atoms with E-state index >= 15 is 0 Å². The predicted molar refractivity (Wildman–Crippen MR) is 111 cm³/mol. The zero-order chi connectivity index (χ0) is 21.8. The van der Waals surface area contributed by atoms with Crippen molar-refractivity contribution < 1.29 is 23.2 Å². The van der Waals surface area contributed by atoms with E-state index in [9.17, 15) is 14.0 Å². The molecule has 30 heavy (non-hydrogen) atoms. The Morgan fingerprint density at radius 3 is 2.63 bits per heavy atom. The Morgan fingerprint density at radius 2 is 1.93 bits per heavy atom. The fraction of sp³-hybridized carbons (Fsp3) is 0.227. The van der Waals surface area contributed by atoms with Crippen LogP contribution in [0, 0.1) is 12.7 Å². The average Bonchev–Trinajstić information content (AvgIpc) is 3.07. The summed E-state index contributed by atoms with van der Waals surface area (Å²) in [5.41, 5.74) is 1.37. The van der Waals surface area contributed by atoms with Crippen molar-refractivity contribution in [3.63, 3.8) is 0 Å². The summed E-state index contributed by atoms with van der Waals surface area (Å²) in [4.78, 5) is 24.9. The van der Waals surface area contributed by atoms with E-state index in [1.165, 1.54) is 25.1 Å². The van der Waals surface area contributed by atoms with E-state index in [-0.39, 0.29) is 33.5 Å². The molecule has 3 aromatic rings. The van der Waals surface area contributed by atoms with Gasteiger partial charge >= 0.3 is 5.97 Å². The van der Waals surface area contributed by atoms with E-state index in [1.54, 1.807) is 12.1 Å². The van der Waals surface area contributed by atoms with Crippen LogP contribution in [0.25, 0.3) is 11.3 Å². The van der Waals surface area contributed by atoms with Gasteiger partial charge in [-0.25, -0.2) is 9.18 Å². The largest absolute Gasteiger partial charge is 0.452 e. The number of halogens is 2. The third-order valence-corrected chi connectivity index (χ3v) is 4.77. The SMILES string of the molecule is Cc1onc(-c2c(F)cccc2Cl)c1C(=O)OCC(=O)Nc1ccccc1C(C)C. The maximum absolute atomic E-state index is 14.3. The van der Waals surface area contributed by atoms with Crippen molar-refractivity contribution in [3.05, 3.63) is 70.2 Å². The van der Waals surface area contributed by atoms with Crippen molar-refractivity contribution in [1.82, 2.24) is 5.16 Å². The van der Waals surface area contributed by atoms with E-state index in [1.807, 2.05) is 26.0 Å². The Hall–Kier alpha value is -3.19. The predicted octanol–water partition coefficient (Wildman–Crippen LogP) is 5.36. The molecule has 1 N–H and O–H groups in total. The molecular weight excluding hydrogens is 411 g/mol. The van der Waals surface area contributed by atoms with Crippen molar-refractivity contribution >= 4 is 29.2 Å². The number of esters is 1. The Labute approximate surface area is 178 Å². The number of para-hydroxylation sites is 1. The van der Waals surface area contributed by atoms with Crippen LogP contribution in [-0.2, 0) is 9.53 Å². The molecule has 156 valence electrons. The molecule has 1 amide bonds. The standard InChI is InChI=1S/C22H20ClFN2O4/c1-12(2)14-7-4-5-10-17(14)25-18(27)11-29-22(28)19-13(3)30-26-21(19)20-15(23)8-6-9-16(20)24/h4-10,12H,11H2,1-3H3,(H,25,27). The van der Waals surface area contributed by atoms with Gasteiger partial charge in [0.25, 0.3) is 5.91 Å². The number of hydrogen-bond acceptors (Lipinski definition) is 5. The molecule has 0 spiro atoms. The van der Waals surface area contributed by atoms with Crippen LogP contribution in [0.4, 0.5) is 10.1 Å². The highest BCUT2D eigenvalue weighted by Crippen LogP contribution is 2.33. The molecule has 0 saturated carbocycles. The number of nitrogens with zero attached hydrogens (tertiary/aromatic N) is 1. The number of aromatic nitrogens is 1. The van der Waals surface area contributed by atoms with E-state index in [4.69, 9.17) is 20.9 Å². The number of nitrogens with one attached hydrogen (secondary N) is 1. The van der Waals surface area contributed by atoms with Gasteiger partial charge in [-0.1, -0.05) is 54.9 Å². The van der Waals surface area contributed by atoms with Gasteiger partial charge in [-0.3, -0.25) is 4.79 Å². The van der Waals surface area contributed by atoms with Gasteiger partial charge in [-0.2, -0.15) is 0 Å². The summed E-state index contributed by atoms with van der Waals surface area (Å²) >= 11 is 6.07. The van der Waals surface area contributed by atoms with Gasteiger partial charge in [0, 0.05) is 5.69 Å². The molecule has 0 radical (unpaired) electrons. The summed E-state index contributed by atoms with van der Waals surface area (Å²) in [5, 5.41) is 6.56. The van der Waals surface area contributed by atoms with Gasteiger partial charge < -0.3 is 14.6 Å². The van der Waals surface area contributed by atoms with Crippen molar-refractivity contribution in [3.8, 4) is 11.3 Å². The minimum Gasteiger partial charge on any atom is -0.452 e. The van der Waals surface area contributed by atoms with Gasteiger partial charge in [0.1, 0.15) is 22.8 Å². The molecule has 0 unspecified atom stereocenters. The van der Waals surface area contributed by atoms with Crippen LogP contribution < -0.4 is 5.32 Å². The lowest BCUT2D eigenvalue weighted by atomic mass is 10.0. The smallest absolute Gasteiger partial charge is 0.344 e. The van der Waals surface area contributed by atoms with Crippen molar-refractivity contribution in [2.75, 3.05) is 11.9 Å². The Kier molecular flexibility index (Phi) is 6.52. The second-order valence-corrected chi connectivity index (χ2v) is 7.33. The number of ether oxygens (including phenoxy) is 1. The van der Waals surface area contributed by atoms with Crippen molar-refractivity contribution in [2.24, 2.45) is 0 Å². The molecule has 0 saturated heterocycles. The van der Waals surface area contributed by atoms with Gasteiger partial charge in [0.2, 0.25) is 0 Å².